The number of rotatable bonds is 3. The van der Waals surface area contributed by atoms with Crippen molar-refractivity contribution in [2.24, 2.45) is 5.73 Å². The summed E-state index contributed by atoms with van der Waals surface area (Å²) < 4.78 is 3.75. The molecule has 4 heteroatoms. The van der Waals surface area contributed by atoms with Gasteiger partial charge in [-0.2, -0.15) is 0 Å². The minimum atomic E-state index is -0.00963. The van der Waals surface area contributed by atoms with Crippen LogP contribution in [0.4, 0.5) is 0 Å². The Balaban J connectivity index is 2.37. The molecule has 0 amide bonds. The van der Waals surface area contributed by atoms with E-state index in [-0.39, 0.29) is 6.04 Å². The van der Waals surface area contributed by atoms with Crippen LogP contribution in [0.15, 0.2) is 5.38 Å². The van der Waals surface area contributed by atoms with E-state index in [1.54, 1.807) is 0 Å². The van der Waals surface area contributed by atoms with E-state index >= 15 is 0 Å². The second-order valence-electron chi connectivity index (χ2n) is 2.40. The van der Waals surface area contributed by atoms with E-state index < -0.39 is 0 Å². The molecule has 0 saturated carbocycles. The summed E-state index contributed by atoms with van der Waals surface area (Å²) in [4.78, 5) is 0. The minimum absolute atomic E-state index is 0.00963. The van der Waals surface area contributed by atoms with Crippen LogP contribution in [0.1, 0.15) is 31.5 Å². The Bertz CT molecular complexity index is 270. The van der Waals surface area contributed by atoms with Gasteiger partial charge in [0.1, 0.15) is 0 Å². The van der Waals surface area contributed by atoms with Gasteiger partial charge in [-0.05, 0) is 24.9 Å². The van der Waals surface area contributed by atoms with Crippen LogP contribution in [0.2, 0.25) is 0 Å². The first kappa shape index (κ1) is 9.17. The Morgan fingerprint density at radius 3 is 3.17 bits per heavy atom. The molecule has 0 radical (unpaired) electrons. The fourth-order valence-electron chi connectivity index (χ4n) is 0.834. The Kier molecular flexibility index (Phi) is 3.71. The average molecular weight is 181 g/mol. The summed E-state index contributed by atoms with van der Waals surface area (Å²) in [5.74, 6) is 5.80. The molecule has 0 fully saturated rings. The largest absolute Gasteiger partial charge is 0.323 e. The molecule has 0 saturated heterocycles. The molecule has 0 spiro atoms. The first-order valence-corrected chi connectivity index (χ1v) is 4.60. The molecule has 0 aliphatic carbocycles. The number of hydrogen-bond acceptors (Lipinski definition) is 4. The second kappa shape index (κ2) is 4.86. The minimum Gasteiger partial charge on any atom is -0.323 e. The number of nitrogens with zero attached hydrogens (tertiary/aromatic N) is 2. The molecule has 0 aliphatic rings. The van der Waals surface area contributed by atoms with Gasteiger partial charge in [-0.3, -0.25) is 0 Å². The molecule has 0 aliphatic heterocycles. The molecular weight excluding hydrogens is 170 g/mol. The first-order chi connectivity index (χ1) is 5.84. The van der Waals surface area contributed by atoms with Gasteiger partial charge >= 0.3 is 0 Å². The quantitative estimate of drug-likeness (QED) is 0.716. The summed E-state index contributed by atoms with van der Waals surface area (Å²) in [5, 5.41) is 5.77. The van der Waals surface area contributed by atoms with Gasteiger partial charge in [-0.1, -0.05) is 4.49 Å². The molecule has 1 atom stereocenters. The standard InChI is InChI=1S/C8H11N3S/c1-2-3-4-5-7(9)8-6-12-11-10-8/h6-7H,4-5,9H2,1H3. The van der Waals surface area contributed by atoms with Crippen molar-refractivity contribution in [2.45, 2.75) is 25.8 Å². The molecule has 0 bridgehead atoms. The topological polar surface area (TPSA) is 51.8 Å². The molecule has 12 heavy (non-hydrogen) atoms. The van der Waals surface area contributed by atoms with Crippen LogP contribution >= 0.6 is 11.5 Å². The van der Waals surface area contributed by atoms with E-state index in [2.05, 4.69) is 21.4 Å². The van der Waals surface area contributed by atoms with E-state index in [9.17, 15) is 0 Å². The summed E-state index contributed by atoms with van der Waals surface area (Å²) in [6, 6.07) is -0.00963. The second-order valence-corrected chi connectivity index (χ2v) is 3.01. The van der Waals surface area contributed by atoms with Gasteiger partial charge in [0.2, 0.25) is 0 Å². The summed E-state index contributed by atoms with van der Waals surface area (Å²) in [6.45, 7) is 1.83. The van der Waals surface area contributed by atoms with Crippen LogP contribution in [-0.2, 0) is 0 Å². The van der Waals surface area contributed by atoms with Crippen molar-refractivity contribution in [3.63, 3.8) is 0 Å². The Hall–Kier alpha value is -0.920. The highest BCUT2D eigenvalue weighted by Gasteiger charge is 2.06. The van der Waals surface area contributed by atoms with Crippen LogP contribution in [0.25, 0.3) is 0 Å². The summed E-state index contributed by atoms with van der Waals surface area (Å²) in [7, 11) is 0. The smallest absolute Gasteiger partial charge is 0.0922 e. The van der Waals surface area contributed by atoms with Gasteiger partial charge in [0.25, 0.3) is 0 Å². The highest BCUT2D eigenvalue weighted by molar-refractivity contribution is 7.03. The maximum absolute atomic E-state index is 5.82. The SMILES string of the molecule is CC#CCCC(N)c1csnn1. The molecule has 1 rings (SSSR count). The molecule has 1 unspecified atom stereocenters. The fraction of sp³-hybridized carbons (Fsp3) is 0.500. The van der Waals surface area contributed by atoms with Crippen LogP contribution in [0, 0.1) is 11.8 Å². The molecule has 1 heterocycles. The van der Waals surface area contributed by atoms with Crippen molar-refractivity contribution in [2.75, 3.05) is 0 Å². The van der Waals surface area contributed by atoms with Crippen LogP contribution in [0.3, 0.4) is 0 Å². The van der Waals surface area contributed by atoms with Gasteiger partial charge in [-0.15, -0.1) is 16.9 Å². The van der Waals surface area contributed by atoms with Crippen molar-refractivity contribution in [1.82, 2.24) is 9.59 Å². The van der Waals surface area contributed by atoms with Gasteiger partial charge in [0, 0.05) is 11.8 Å². The van der Waals surface area contributed by atoms with Gasteiger partial charge in [0.15, 0.2) is 0 Å². The summed E-state index contributed by atoms with van der Waals surface area (Å²) in [6.07, 6.45) is 1.68. The number of hydrogen-bond donors (Lipinski definition) is 1. The molecule has 1 aromatic heterocycles. The predicted octanol–water partition coefficient (Wildman–Crippen LogP) is 1.34. The zero-order chi connectivity index (χ0) is 8.81. The van der Waals surface area contributed by atoms with Crippen molar-refractivity contribution < 1.29 is 0 Å². The molecule has 3 nitrogen and oxygen atoms in total. The van der Waals surface area contributed by atoms with E-state index in [0.29, 0.717) is 0 Å². The van der Waals surface area contributed by atoms with Gasteiger partial charge in [0.05, 0.1) is 11.7 Å². The van der Waals surface area contributed by atoms with Crippen LogP contribution in [-0.4, -0.2) is 9.59 Å². The first-order valence-electron chi connectivity index (χ1n) is 3.76. The molecule has 1 aromatic rings. The van der Waals surface area contributed by atoms with Gasteiger partial charge in [-0.25, -0.2) is 0 Å². The lowest BCUT2D eigenvalue weighted by Gasteiger charge is -2.03. The highest BCUT2D eigenvalue weighted by Crippen LogP contribution is 2.13. The predicted molar refractivity (Wildman–Crippen MR) is 49.5 cm³/mol. The normalized spacial score (nSPS) is 11.8. The Morgan fingerprint density at radius 2 is 2.58 bits per heavy atom. The van der Waals surface area contributed by atoms with E-state index in [0.717, 1.165) is 18.5 Å². The summed E-state index contributed by atoms with van der Waals surface area (Å²) >= 11 is 1.33. The van der Waals surface area contributed by atoms with E-state index in [1.807, 2.05) is 12.3 Å². The lowest BCUT2D eigenvalue weighted by atomic mass is 10.1. The molecule has 0 aromatic carbocycles. The molecule has 2 N–H and O–H groups in total. The third kappa shape index (κ3) is 2.61. The van der Waals surface area contributed by atoms with Crippen LogP contribution < -0.4 is 5.73 Å². The lowest BCUT2D eigenvalue weighted by molar-refractivity contribution is 0.645. The summed E-state index contributed by atoms with van der Waals surface area (Å²) in [5.41, 5.74) is 6.69. The van der Waals surface area contributed by atoms with Crippen molar-refractivity contribution in [3.8, 4) is 11.8 Å². The molecule has 64 valence electrons. The highest BCUT2D eigenvalue weighted by atomic mass is 32.1. The number of aromatic nitrogens is 2. The fourth-order valence-corrected chi connectivity index (χ4v) is 1.35. The van der Waals surface area contributed by atoms with Crippen molar-refractivity contribution >= 4 is 11.5 Å². The Labute approximate surface area is 76.1 Å². The van der Waals surface area contributed by atoms with E-state index in [4.69, 9.17) is 5.73 Å². The molecular formula is C8H11N3S. The number of nitrogens with two attached hydrogens (primary N) is 1. The average Bonchev–Trinajstić information content (AvgIpc) is 2.56. The van der Waals surface area contributed by atoms with Gasteiger partial charge < -0.3 is 5.73 Å². The maximum atomic E-state index is 5.82. The van der Waals surface area contributed by atoms with Crippen LogP contribution in [0.5, 0.6) is 0 Å². The maximum Gasteiger partial charge on any atom is 0.0922 e. The van der Waals surface area contributed by atoms with E-state index in [1.165, 1.54) is 11.5 Å². The third-order valence-corrected chi connectivity index (χ3v) is 2.04. The monoisotopic (exact) mass is 181 g/mol. The third-order valence-electron chi connectivity index (χ3n) is 1.51. The zero-order valence-corrected chi connectivity index (χ0v) is 7.77. The zero-order valence-electron chi connectivity index (χ0n) is 6.95. The van der Waals surface area contributed by atoms with Crippen molar-refractivity contribution in [3.05, 3.63) is 11.1 Å². The Morgan fingerprint density at radius 1 is 1.75 bits per heavy atom. The van der Waals surface area contributed by atoms with Crippen molar-refractivity contribution in [1.29, 1.82) is 0 Å². The lowest BCUT2D eigenvalue weighted by Crippen LogP contribution is -2.10.